The number of nitrogens with one attached hydrogen (secondary N) is 1. The van der Waals surface area contributed by atoms with E-state index in [2.05, 4.69) is 15.2 Å². The summed E-state index contributed by atoms with van der Waals surface area (Å²) in [6, 6.07) is 12.8. The standard InChI is InChI=1S/C25H25N5O5S/c1-34-17-4-2-16-3-7-23(32)29(19(16)8-17)11-15-9-28(10-15)12-18-13-30(25(33)35-18)21-6-5-20-24(26-21)27-22(31)14-36-20/h2-8,15,18H,9-14H2,1H3,(H,26,27,31)/t18-/m1/s1. The topological polar surface area (TPSA) is 106 Å². The number of anilines is 2. The van der Waals surface area contributed by atoms with E-state index in [9.17, 15) is 14.4 Å². The number of likely N-dealkylation sites (tertiary alicyclic amines) is 1. The third kappa shape index (κ3) is 4.28. The number of benzene rings is 1. The summed E-state index contributed by atoms with van der Waals surface area (Å²) in [5, 5.41) is 3.76. The van der Waals surface area contributed by atoms with Crippen LogP contribution in [0.15, 0.2) is 52.2 Å². The zero-order chi connectivity index (χ0) is 24.8. The molecule has 2 aromatic heterocycles. The van der Waals surface area contributed by atoms with Crippen molar-refractivity contribution in [1.82, 2.24) is 14.5 Å². The smallest absolute Gasteiger partial charge is 0.416 e. The van der Waals surface area contributed by atoms with Crippen molar-refractivity contribution < 1.29 is 19.1 Å². The normalized spacial score (nSPS) is 20.1. The fourth-order valence-corrected chi connectivity index (χ4v) is 5.73. The molecule has 2 saturated heterocycles. The summed E-state index contributed by atoms with van der Waals surface area (Å²) in [7, 11) is 1.62. The number of thioether (sulfide) groups is 1. The number of pyridine rings is 2. The van der Waals surface area contributed by atoms with Crippen LogP contribution in [0.2, 0.25) is 0 Å². The molecule has 2 fully saturated rings. The lowest BCUT2D eigenvalue weighted by Crippen LogP contribution is -2.52. The molecule has 36 heavy (non-hydrogen) atoms. The fourth-order valence-electron chi connectivity index (χ4n) is 4.98. The van der Waals surface area contributed by atoms with E-state index >= 15 is 0 Å². The Hall–Kier alpha value is -3.57. The van der Waals surface area contributed by atoms with Crippen LogP contribution in [0.5, 0.6) is 5.75 Å². The summed E-state index contributed by atoms with van der Waals surface area (Å²) in [4.78, 5) is 45.9. The predicted octanol–water partition coefficient (Wildman–Crippen LogP) is 2.41. The quantitative estimate of drug-likeness (QED) is 0.542. The molecule has 11 heteroatoms. The maximum Gasteiger partial charge on any atom is 0.416 e. The van der Waals surface area contributed by atoms with E-state index in [0.717, 1.165) is 34.6 Å². The molecule has 0 aliphatic carbocycles. The van der Waals surface area contributed by atoms with Crippen molar-refractivity contribution in [2.75, 3.05) is 49.3 Å². The molecule has 10 nitrogen and oxygen atoms in total. The third-order valence-corrected chi connectivity index (χ3v) is 7.79. The molecule has 1 N–H and O–H groups in total. The van der Waals surface area contributed by atoms with Crippen molar-refractivity contribution >= 4 is 46.3 Å². The summed E-state index contributed by atoms with van der Waals surface area (Å²) >= 11 is 1.43. The number of fused-ring (bicyclic) bond motifs is 2. The Bertz CT molecular complexity index is 1420. The van der Waals surface area contributed by atoms with Crippen molar-refractivity contribution in [3.05, 3.63) is 52.8 Å². The van der Waals surface area contributed by atoms with Crippen LogP contribution in [-0.2, 0) is 16.1 Å². The van der Waals surface area contributed by atoms with Gasteiger partial charge in [-0.3, -0.25) is 19.4 Å². The van der Waals surface area contributed by atoms with Crippen LogP contribution in [0.3, 0.4) is 0 Å². The van der Waals surface area contributed by atoms with Gasteiger partial charge in [-0.15, -0.1) is 11.8 Å². The molecule has 1 aromatic carbocycles. The van der Waals surface area contributed by atoms with E-state index in [1.807, 2.05) is 34.9 Å². The van der Waals surface area contributed by atoms with Gasteiger partial charge in [0.1, 0.15) is 23.5 Å². The number of hydrogen-bond acceptors (Lipinski definition) is 8. The van der Waals surface area contributed by atoms with Gasteiger partial charge in [-0.1, -0.05) is 0 Å². The predicted molar refractivity (Wildman–Crippen MR) is 136 cm³/mol. The second-order valence-electron chi connectivity index (χ2n) is 9.26. The van der Waals surface area contributed by atoms with Gasteiger partial charge < -0.3 is 19.4 Å². The molecular weight excluding hydrogens is 482 g/mol. The average molecular weight is 508 g/mol. The number of amides is 2. The number of aromatic nitrogens is 2. The third-order valence-electron chi connectivity index (χ3n) is 6.75. The van der Waals surface area contributed by atoms with Crippen molar-refractivity contribution in [3.63, 3.8) is 0 Å². The van der Waals surface area contributed by atoms with Crippen LogP contribution in [0.1, 0.15) is 0 Å². The molecule has 5 heterocycles. The maximum absolute atomic E-state index is 12.6. The number of ether oxygens (including phenoxy) is 2. The summed E-state index contributed by atoms with van der Waals surface area (Å²) in [5.41, 5.74) is 0.842. The minimum absolute atomic E-state index is 0.0262. The number of carbonyl (C=O) groups is 2. The van der Waals surface area contributed by atoms with Gasteiger partial charge in [0.15, 0.2) is 0 Å². The van der Waals surface area contributed by atoms with Gasteiger partial charge in [0, 0.05) is 44.2 Å². The highest BCUT2D eigenvalue weighted by Crippen LogP contribution is 2.33. The maximum atomic E-state index is 12.6. The Labute approximate surface area is 211 Å². The second kappa shape index (κ2) is 9.14. The minimum Gasteiger partial charge on any atom is -0.497 e. The Kier molecular flexibility index (Phi) is 5.81. The van der Waals surface area contributed by atoms with Gasteiger partial charge in [-0.25, -0.2) is 9.78 Å². The number of rotatable bonds is 6. The molecule has 3 aliphatic rings. The Morgan fingerprint density at radius 3 is 2.75 bits per heavy atom. The number of methoxy groups -OCH3 is 1. The molecule has 1 atom stereocenters. The van der Waals surface area contributed by atoms with E-state index in [0.29, 0.717) is 42.9 Å². The molecule has 0 radical (unpaired) electrons. The fraction of sp³-hybridized carbons (Fsp3) is 0.360. The summed E-state index contributed by atoms with van der Waals surface area (Å²) in [6.07, 6.45) is -0.708. The molecule has 0 saturated carbocycles. The first-order chi connectivity index (χ1) is 17.5. The highest BCUT2D eigenvalue weighted by Gasteiger charge is 2.37. The van der Waals surface area contributed by atoms with Crippen LogP contribution in [-0.4, -0.2) is 71.6 Å². The van der Waals surface area contributed by atoms with E-state index in [1.54, 1.807) is 19.2 Å². The highest BCUT2D eigenvalue weighted by atomic mass is 32.2. The van der Waals surface area contributed by atoms with Gasteiger partial charge in [0.25, 0.3) is 5.56 Å². The second-order valence-corrected chi connectivity index (χ2v) is 10.3. The van der Waals surface area contributed by atoms with Crippen LogP contribution in [0.4, 0.5) is 16.4 Å². The van der Waals surface area contributed by atoms with Crippen LogP contribution < -0.4 is 20.5 Å². The molecule has 3 aromatic rings. The molecular formula is C25H25N5O5S. The van der Waals surface area contributed by atoms with Crippen LogP contribution >= 0.6 is 11.8 Å². The molecule has 6 rings (SSSR count). The van der Waals surface area contributed by atoms with E-state index in [1.165, 1.54) is 16.7 Å². The van der Waals surface area contributed by atoms with Gasteiger partial charge in [0.2, 0.25) is 5.91 Å². The summed E-state index contributed by atoms with van der Waals surface area (Å²) < 4.78 is 12.8. The monoisotopic (exact) mass is 507 g/mol. The number of carbonyl (C=O) groups excluding carboxylic acids is 2. The minimum atomic E-state index is -0.435. The van der Waals surface area contributed by atoms with Crippen molar-refractivity contribution in [2.24, 2.45) is 5.92 Å². The summed E-state index contributed by atoms with van der Waals surface area (Å²) in [5.74, 6) is 2.27. The zero-order valence-electron chi connectivity index (χ0n) is 19.7. The number of hydrogen-bond donors (Lipinski definition) is 1. The van der Waals surface area contributed by atoms with Crippen molar-refractivity contribution in [2.45, 2.75) is 17.5 Å². The largest absolute Gasteiger partial charge is 0.497 e. The Morgan fingerprint density at radius 1 is 1.08 bits per heavy atom. The van der Waals surface area contributed by atoms with Gasteiger partial charge in [0.05, 0.1) is 29.8 Å². The SMILES string of the molecule is COc1ccc2ccc(=O)n(CC3CN(C[C@@H]4CN(c5ccc6c(n5)NC(=O)CS6)C(=O)O4)C3)c2c1. The zero-order valence-corrected chi connectivity index (χ0v) is 20.5. The lowest BCUT2D eigenvalue weighted by molar-refractivity contribution is -0.113. The van der Waals surface area contributed by atoms with Gasteiger partial charge in [-0.05, 0) is 35.7 Å². The first kappa shape index (κ1) is 22.9. The van der Waals surface area contributed by atoms with Gasteiger partial charge >= 0.3 is 6.09 Å². The molecule has 186 valence electrons. The molecule has 0 unspecified atom stereocenters. The Balaban J connectivity index is 1.07. The van der Waals surface area contributed by atoms with E-state index in [4.69, 9.17) is 9.47 Å². The van der Waals surface area contributed by atoms with Crippen molar-refractivity contribution in [1.29, 1.82) is 0 Å². The molecule has 2 amide bonds. The molecule has 0 spiro atoms. The summed E-state index contributed by atoms with van der Waals surface area (Å²) in [6.45, 7) is 3.28. The van der Waals surface area contributed by atoms with Crippen LogP contribution in [0, 0.1) is 5.92 Å². The number of nitrogens with zero attached hydrogens (tertiary/aromatic N) is 4. The Morgan fingerprint density at radius 2 is 1.92 bits per heavy atom. The van der Waals surface area contributed by atoms with Gasteiger partial charge in [-0.2, -0.15) is 0 Å². The first-order valence-corrected chi connectivity index (χ1v) is 12.8. The molecule has 3 aliphatic heterocycles. The first-order valence-electron chi connectivity index (χ1n) is 11.8. The average Bonchev–Trinajstić information content (AvgIpc) is 3.23. The van der Waals surface area contributed by atoms with E-state index < -0.39 is 6.09 Å². The lowest BCUT2D eigenvalue weighted by atomic mass is 9.99. The lowest BCUT2D eigenvalue weighted by Gasteiger charge is -2.40. The van der Waals surface area contributed by atoms with Crippen LogP contribution in [0.25, 0.3) is 10.9 Å². The van der Waals surface area contributed by atoms with E-state index in [-0.39, 0.29) is 17.6 Å². The van der Waals surface area contributed by atoms with Crippen molar-refractivity contribution in [3.8, 4) is 5.75 Å². The highest BCUT2D eigenvalue weighted by molar-refractivity contribution is 8.00. The number of cyclic esters (lactones) is 1. The molecule has 0 bridgehead atoms.